The topological polar surface area (TPSA) is 49.3 Å². The minimum absolute atomic E-state index is 0.905. The van der Waals surface area contributed by atoms with Gasteiger partial charge in [-0.3, -0.25) is 4.99 Å². The lowest BCUT2D eigenvalue weighted by molar-refractivity contribution is 0.689. The molecule has 18 heavy (non-hydrogen) atoms. The minimum Gasteiger partial charge on any atom is -0.356 e. The van der Waals surface area contributed by atoms with Crippen molar-refractivity contribution in [2.45, 2.75) is 39.5 Å². The molecule has 0 unspecified atom stereocenters. The molecule has 0 aliphatic heterocycles. The third-order valence-corrected chi connectivity index (χ3v) is 3.57. The predicted octanol–water partition coefficient (Wildman–Crippen LogP) is 2.35. The average molecular weight is 268 g/mol. The van der Waals surface area contributed by atoms with Gasteiger partial charge in [0.05, 0.1) is 5.01 Å². The highest BCUT2D eigenvalue weighted by molar-refractivity contribution is 7.09. The van der Waals surface area contributed by atoms with E-state index in [9.17, 15) is 0 Å². The summed E-state index contributed by atoms with van der Waals surface area (Å²) in [6.07, 6.45) is 4.52. The monoisotopic (exact) mass is 268 g/mol. The van der Waals surface area contributed by atoms with Crippen LogP contribution < -0.4 is 10.6 Å². The number of guanidine groups is 1. The summed E-state index contributed by atoms with van der Waals surface area (Å²) >= 11 is 1.76. The fourth-order valence-corrected chi connectivity index (χ4v) is 2.41. The SMILES string of the molecule is CCCNC(=NC)NCCCCc1nc(C)cs1. The van der Waals surface area contributed by atoms with Crippen LogP contribution in [0.15, 0.2) is 10.4 Å². The second-order valence-electron chi connectivity index (χ2n) is 4.27. The summed E-state index contributed by atoms with van der Waals surface area (Å²) in [6, 6.07) is 0. The Bertz CT molecular complexity index is 360. The van der Waals surface area contributed by atoms with Gasteiger partial charge in [0.2, 0.25) is 0 Å². The molecule has 1 aromatic heterocycles. The van der Waals surface area contributed by atoms with E-state index in [0.29, 0.717) is 0 Å². The van der Waals surface area contributed by atoms with Crippen LogP contribution in [0, 0.1) is 6.92 Å². The van der Waals surface area contributed by atoms with Gasteiger partial charge in [0, 0.05) is 31.2 Å². The lowest BCUT2D eigenvalue weighted by atomic mass is 10.2. The standard InChI is InChI=1S/C13H24N4S/c1-4-8-15-13(14-3)16-9-6-5-7-12-17-11(2)10-18-12/h10H,4-9H2,1-3H3,(H2,14,15,16). The summed E-state index contributed by atoms with van der Waals surface area (Å²) in [4.78, 5) is 8.63. The van der Waals surface area contributed by atoms with Crippen LogP contribution in [-0.4, -0.2) is 31.1 Å². The molecule has 0 atom stereocenters. The van der Waals surface area contributed by atoms with Crippen molar-refractivity contribution in [3.8, 4) is 0 Å². The molecule has 0 saturated carbocycles. The number of aliphatic imine (C=N–C) groups is 1. The number of rotatable bonds is 7. The number of aryl methyl sites for hydroxylation is 2. The van der Waals surface area contributed by atoms with Crippen LogP contribution in [-0.2, 0) is 6.42 Å². The van der Waals surface area contributed by atoms with Crippen molar-refractivity contribution >= 4 is 17.3 Å². The van der Waals surface area contributed by atoms with E-state index in [0.717, 1.165) is 44.0 Å². The molecule has 0 aliphatic carbocycles. The molecule has 0 fully saturated rings. The largest absolute Gasteiger partial charge is 0.356 e. The molecule has 0 aromatic carbocycles. The Balaban J connectivity index is 2.07. The molecule has 102 valence electrons. The van der Waals surface area contributed by atoms with Gasteiger partial charge in [-0.25, -0.2) is 4.98 Å². The fourth-order valence-electron chi connectivity index (χ4n) is 1.59. The van der Waals surface area contributed by atoms with E-state index in [1.54, 1.807) is 11.3 Å². The lowest BCUT2D eigenvalue weighted by Crippen LogP contribution is -2.38. The summed E-state index contributed by atoms with van der Waals surface area (Å²) in [5, 5.41) is 9.94. The van der Waals surface area contributed by atoms with Crippen LogP contribution >= 0.6 is 11.3 Å². The maximum atomic E-state index is 4.46. The zero-order chi connectivity index (χ0) is 13.2. The number of hydrogen-bond donors (Lipinski definition) is 2. The first-order valence-corrected chi connectivity index (χ1v) is 7.49. The average Bonchev–Trinajstić information content (AvgIpc) is 2.78. The van der Waals surface area contributed by atoms with Crippen molar-refractivity contribution in [1.29, 1.82) is 0 Å². The van der Waals surface area contributed by atoms with E-state index >= 15 is 0 Å². The molecule has 1 rings (SSSR count). The molecule has 0 amide bonds. The highest BCUT2D eigenvalue weighted by atomic mass is 32.1. The van der Waals surface area contributed by atoms with Gasteiger partial charge in [-0.15, -0.1) is 11.3 Å². The molecule has 0 spiro atoms. The smallest absolute Gasteiger partial charge is 0.190 e. The van der Waals surface area contributed by atoms with Crippen LogP contribution in [0.3, 0.4) is 0 Å². The Labute approximate surface area is 114 Å². The van der Waals surface area contributed by atoms with E-state index in [1.165, 1.54) is 11.4 Å². The normalized spacial score (nSPS) is 11.6. The van der Waals surface area contributed by atoms with Gasteiger partial charge in [0.25, 0.3) is 0 Å². The molecule has 1 heterocycles. The molecule has 2 N–H and O–H groups in total. The summed E-state index contributed by atoms with van der Waals surface area (Å²) in [7, 11) is 1.81. The first kappa shape index (κ1) is 15.0. The Morgan fingerprint density at radius 3 is 2.72 bits per heavy atom. The Morgan fingerprint density at radius 1 is 1.33 bits per heavy atom. The Morgan fingerprint density at radius 2 is 2.11 bits per heavy atom. The fraction of sp³-hybridized carbons (Fsp3) is 0.692. The van der Waals surface area contributed by atoms with Gasteiger partial charge in [-0.05, 0) is 32.6 Å². The van der Waals surface area contributed by atoms with Crippen LogP contribution in [0.5, 0.6) is 0 Å². The predicted molar refractivity (Wildman–Crippen MR) is 79.4 cm³/mol. The maximum absolute atomic E-state index is 4.46. The van der Waals surface area contributed by atoms with Crippen LogP contribution in [0.1, 0.15) is 36.9 Å². The zero-order valence-corrected chi connectivity index (χ0v) is 12.4. The van der Waals surface area contributed by atoms with Gasteiger partial charge in [-0.2, -0.15) is 0 Å². The molecule has 0 aliphatic rings. The quantitative estimate of drug-likeness (QED) is 0.453. The maximum Gasteiger partial charge on any atom is 0.190 e. The summed E-state index contributed by atoms with van der Waals surface area (Å²) < 4.78 is 0. The van der Waals surface area contributed by atoms with E-state index in [-0.39, 0.29) is 0 Å². The van der Waals surface area contributed by atoms with E-state index < -0.39 is 0 Å². The summed E-state index contributed by atoms with van der Waals surface area (Å²) in [5.74, 6) is 0.905. The minimum atomic E-state index is 0.905. The van der Waals surface area contributed by atoms with Crippen molar-refractivity contribution < 1.29 is 0 Å². The van der Waals surface area contributed by atoms with Crippen LogP contribution in [0.4, 0.5) is 0 Å². The van der Waals surface area contributed by atoms with E-state index in [1.807, 2.05) is 14.0 Å². The summed E-state index contributed by atoms with van der Waals surface area (Å²) in [6.45, 7) is 6.13. The van der Waals surface area contributed by atoms with Crippen molar-refractivity contribution in [2.24, 2.45) is 4.99 Å². The number of nitrogens with zero attached hydrogens (tertiary/aromatic N) is 2. The second-order valence-corrected chi connectivity index (χ2v) is 5.21. The third-order valence-electron chi connectivity index (χ3n) is 2.54. The van der Waals surface area contributed by atoms with Crippen molar-refractivity contribution in [2.75, 3.05) is 20.1 Å². The molecule has 0 bridgehead atoms. The number of unbranched alkanes of at least 4 members (excludes halogenated alkanes) is 1. The number of nitrogens with one attached hydrogen (secondary N) is 2. The number of thiazole rings is 1. The van der Waals surface area contributed by atoms with Gasteiger partial charge >= 0.3 is 0 Å². The van der Waals surface area contributed by atoms with E-state index in [2.05, 4.69) is 32.9 Å². The lowest BCUT2D eigenvalue weighted by Gasteiger charge is -2.10. The molecular weight excluding hydrogens is 244 g/mol. The second kappa shape index (κ2) is 8.91. The number of aromatic nitrogens is 1. The van der Waals surface area contributed by atoms with Crippen molar-refractivity contribution in [3.05, 3.63) is 16.1 Å². The molecule has 0 saturated heterocycles. The Kier molecular flexibility index (Phi) is 7.41. The molecule has 5 heteroatoms. The van der Waals surface area contributed by atoms with Crippen LogP contribution in [0.25, 0.3) is 0 Å². The van der Waals surface area contributed by atoms with Gasteiger partial charge in [0.15, 0.2) is 5.96 Å². The van der Waals surface area contributed by atoms with Gasteiger partial charge in [-0.1, -0.05) is 6.92 Å². The zero-order valence-electron chi connectivity index (χ0n) is 11.6. The van der Waals surface area contributed by atoms with Gasteiger partial charge in [0.1, 0.15) is 0 Å². The molecular formula is C13H24N4S. The third kappa shape index (κ3) is 6.00. The highest BCUT2D eigenvalue weighted by Crippen LogP contribution is 2.11. The van der Waals surface area contributed by atoms with Gasteiger partial charge < -0.3 is 10.6 Å². The Hall–Kier alpha value is -1.10. The first-order chi connectivity index (χ1) is 8.76. The number of hydrogen-bond acceptors (Lipinski definition) is 3. The molecule has 4 nitrogen and oxygen atoms in total. The van der Waals surface area contributed by atoms with Crippen LogP contribution in [0.2, 0.25) is 0 Å². The molecule has 0 radical (unpaired) electrons. The highest BCUT2D eigenvalue weighted by Gasteiger charge is 1.99. The summed E-state index contributed by atoms with van der Waals surface area (Å²) in [5.41, 5.74) is 1.14. The van der Waals surface area contributed by atoms with Crippen molar-refractivity contribution in [3.63, 3.8) is 0 Å². The molecule has 1 aromatic rings. The van der Waals surface area contributed by atoms with E-state index in [4.69, 9.17) is 0 Å². The first-order valence-electron chi connectivity index (χ1n) is 6.61. The van der Waals surface area contributed by atoms with Crippen molar-refractivity contribution in [1.82, 2.24) is 15.6 Å².